The van der Waals surface area contributed by atoms with Crippen molar-refractivity contribution in [2.24, 2.45) is 0 Å². The Balaban J connectivity index is 1.08. The minimum absolute atomic E-state index is 0.0431. The van der Waals surface area contributed by atoms with Crippen LogP contribution in [0.2, 0.25) is 0 Å². The summed E-state index contributed by atoms with van der Waals surface area (Å²) in [4.78, 5) is 5.04. The van der Waals surface area contributed by atoms with Crippen LogP contribution in [0.4, 0.5) is 34.1 Å². The number of nitrogens with zero attached hydrogens (tertiary/aromatic N) is 2. The van der Waals surface area contributed by atoms with E-state index in [0.717, 1.165) is 18.5 Å². The summed E-state index contributed by atoms with van der Waals surface area (Å²) in [5.74, 6) is 0. The van der Waals surface area contributed by atoms with Crippen molar-refractivity contribution in [3.05, 3.63) is 261 Å². The lowest BCUT2D eigenvalue weighted by molar-refractivity contribution is 0.398. The smallest absolute Gasteiger partial charge is 0.0713 e. The van der Waals surface area contributed by atoms with Gasteiger partial charge in [0.1, 0.15) is 0 Å². The van der Waals surface area contributed by atoms with Crippen molar-refractivity contribution in [1.82, 2.24) is 0 Å². The summed E-state index contributed by atoms with van der Waals surface area (Å²) < 4.78 is 0. The third-order valence-corrected chi connectivity index (χ3v) is 18.8. The van der Waals surface area contributed by atoms with Gasteiger partial charge in [0.15, 0.2) is 0 Å². The number of hydrogen-bond acceptors (Lipinski definition) is 2. The maximum absolute atomic E-state index is 2.64. The van der Waals surface area contributed by atoms with Crippen molar-refractivity contribution in [3.63, 3.8) is 0 Å². The molecule has 2 aliphatic carbocycles. The summed E-state index contributed by atoms with van der Waals surface area (Å²) in [6, 6.07) is 76.1. The van der Waals surface area contributed by atoms with Crippen LogP contribution in [0.5, 0.6) is 0 Å². The van der Waals surface area contributed by atoms with Gasteiger partial charge in [-0.2, -0.15) is 0 Å². The summed E-state index contributed by atoms with van der Waals surface area (Å²) in [6.45, 7) is 22.7. The first-order valence-electron chi connectivity index (χ1n) is 31.8. The lowest BCUT2D eigenvalue weighted by atomic mass is 9.67. The molecule has 0 amide bonds. The van der Waals surface area contributed by atoms with E-state index in [1.165, 1.54) is 195 Å². The van der Waals surface area contributed by atoms with Gasteiger partial charge >= 0.3 is 0 Å². The lowest BCUT2D eigenvalue weighted by Gasteiger charge is -2.36. The van der Waals surface area contributed by atoms with Gasteiger partial charge in [0.2, 0.25) is 0 Å². The van der Waals surface area contributed by atoms with Gasteiger partial charge in [-0.3, -0.25) is 0 Å². The third kappa shape index (κ3) is 11.3. The Morgan fingerprint density at radius 3 is 0.976 bits per heavy atom. The van der Waals surface area contributed by atoms with E-state index < -0.39 is 5.41 Å². The Labute approximate surface area is 499 Å². The van der Waals surface area contributed by atoms with E-state index in [1.807, 2.05) is 0 Å². The first kappa shape index (κ1) is 57.4. The minimum atomic E-state index is -0.508. The number of rotatable bonds is 22. The van der Waals surface area contributed by atoms with Crippen LogP contribution in [0.3, 0.4) is 0 Å². The molecule has 9 aromatic carbocycles. The Morgan fingerprint density at radius 1 is 0.301 bits per heavy atom. The third-order valence-electron chi connectivity index (χ3n) is 18.8. The van der Waals surface area contributed by atoms with E-state index in [-0.39, 0.29) is 10.8 Å². The molecule has 2 nitrogen and oxygen atoms in total. The molecule has 0 unspecified atom stereocenters. The highest BCUT2D eigenvalue weighted by Crippen LogP contribution is 2.59. The summed E-state index contributed by atoms with van der Waals surface area (Å²) in [5.41, 5.74) is 28.0. The van der Waals surface area contributed by atoms with E-state index in [4.69, 9.17) is 0 Å². The first-order chi connectivity index (χ1) is 40.2. The van der Waals surface area contributed by atoms with Gasteiger partial charge in [-0.1, -0.05) is 261 Å². The summed E-state index contributed by atoms with van der Waals surface area (Å²) in [6.07, 6.45) is 17.6. The quantitative estimate of drug-likeness (QED) is 0.0624. The topological polar surface area (TPSA) is 6.48 Å². The predicted octanol–water partition coefficient (Wildman–Crippen LogP) is 23.6. The van der Waals surface area contributed by atoms with Crippen molar-refractivity contribution >= 4 is 34.1 Å². The molecule has 0 fully saturated rings. The maximum Gasteiger partial charge on any atom is 0.0713 e. The van der Waals surface area contributed by atoms with Gasteiger partial charge in [-0.05, 0) is 187 Å². The van der Waals surface area contributed by atoms with Crippen molar-refractivity contribution in [2.45, 2.75) is 175 Å². The van der Waals surface area contributed by atoms with Gasteiger partial charge in [-0.25, -0.2) is 0 Å². The molecule has 0 bridgehead atoms. The second kappa shape index (κ2) is 24.4. The van der Waals surface area contributed by atoms with Gasteiger partial charge in [0, 0.05) is 39.5 Å². The van der Waals surface area contributed by atoms with Crippen LogP contribution in [0, 0.1) is 34.6 Å². The van der Waals surface area contributed by atoms with E-state index in [9.17, 15) is 0 Å². The van der Waals surface area contributed by atoms with E-state index in [2.05, 4.69) is 273 Å². The highest BCUT2D eigenvalue weighted by atomic mass is 15.1. The number of hydrogen-bond donors (Lipinski definition) is 0. The summed E-state index contributed by atoms with van der Waals surface area (Å²) >= 11 is 0. The fraction of sp³-hybridized carbons (Fsp3) is 0.333. The minimum Gasteiger partial charge on any atom is -0.310 e. The van der Waals surface area contributed by atoms with E-state index in [0.29, 0.717) is 0 Å². The van der Waals surface area contributed by atoms with Crippen LogP contribution in [0.15, 0.2) is 194 Å². The predicted molar refractivity (Wildman–Crippen MR) is 358 cm³/mol. The molecule has 0 heterocycles. The molecule has 0 radical (unpaired) electrons. The van der Waals surface area contributed by atoms with Crippen LogP contribution in [0.25, 0.3) is 22.3 Å². The average molecular weight is 1090 g/mol. The standard InChI is InChI=1S/C81H90N2/c1-11-13-15-17-19-21-51-80(52-22-20-18-16-14-12-2)75-55-69(82(65-37-23-57(3)24-38-65)66-39-25-58(4)26-40-66)45-49-71(75)72-50-46-70(56-76(72)80)83(67-41-27-59(5)28-42-67)68-43-35-64(36-44-68)81(63-33-31-62(32-34-63)79(8,9)10)77-53-60(6)29-47-73(77)74-48-30-61(7)54-78(74)81/h23-50,53-56H,11-22,51-52H2,1-10H3. The molecule has 0 N–H and O–H groups in total. The molecule has 9 aromatic rings. The highest BCUT2D eigenvalue weighted by molar-refractivity contribution is 5.90. The Kier molecular flexibility index (Phi) is 16.9. The molecule has 424 valence electrons. The highest BCUT2D eigenvalue weighted by Gasteiger charge is 2.47. The molecule has 0 aromatic heterocycles. The molecule has 11 rings (SSSR count). The number of unbranched alkanes of at least 4 members (excludes halogenated alkanes) is 10. The summed E-state index contributed by atoms with van der Waals surface area (Å²) in [7, 11) is 0. The largest absolute Gasteiger partial charge is 0.310 e. The Hall–Kier alpha value is -7.42. The van der Waals surface area contributed by atoms with Crippen molar-refractivity contribution in [2.75, 3.05) is 9.80 Å². The molecule has 0 aliphatic heterocycles. The Morgan fingerprint density at radius 2 is 0.602 bits per heavy atom. The van der Waals surface area contributed by atoms with Crippen molar-refractivity contribution < 1.29 is 0 Å². The van der Waals surface area contributed by atoms with E-state index in [1.54, 1.807) is 0 Å². The van der Waals surface area contributed by atoms with Crippen LogP contribution in [-0.2, 0) is 16.2 Å². The summed E-state index contributed by atoms with van der Waals surface area (Å²) in [5, 5.41) is 0. The Bertz CT molecular complexity index is 3550. The number of anilines is 6. The zero-order valence-corrected chi connectivity index (χ0v) is 51.8. The zero-order chi connectivity index (χ0) is 57.9. The second-order valence-corrected chi connectivity index (χ2v) is 26.0. The van der Waals surface area contributed by atoms with Gasteiger partial charge in [-0.15, -0.1) is 0 Å². The molecule has 83 heavy (non-hydrogen) atoms. The zero-order valence-electron chi connectivity index (χ0n) is 51.8. The van der Waals surface area contributed by atoms with Crippen LogP contribution in [0.1, 0.15) is 191 Å². The average Bonchev–Trinajstić information content (AvgIpc) is 2.03. The molecular formula is C81H90N2. The molecule has 0 atom stereocenters. The normalized spacial score (nSPS) is 13.6. The van der Waals surface area contributed by atoms with Crippen molar-refractivity contribution in [1.29, 1.82) is 0 Å². The fourth-order valence-electron chi connectivity index (χ4n) is 14.2. The molecule has 0 spiro atoms. The van der Waals surface area contributed by atoms with Gasteiger partial charge in [0.25, 0.3) is 0 Å². The molecule has 0 saturated carbocycles. The molecular weight excluding hydrogens is 1000 g/mol. The van der Waals surface area contributed by atoms with Crippen molar-refractivity contribution in [3.8, 4) is 22.3 Å². The maximum atomic E-state index is 2.64. The van der Waals surface area contributed by atoms with E-state index >= 15 is 0 Å². The number of fused-ring (bicyclic) bond motifs is 6. The molecule has 0 saturated heterocycles. The lowest BCUT2D eigenvalue weighted by Crippen LogP contribution is -2.29. The molecule has 2 aliphatic rings. The SMILES string of the molecule is CCCCCCCCC1(CCCCCCCC)c2cc(N(c3ccc(C)cc3)c3ccc(C)cc3)ccc2-c2ccc(N(c3ccc(C)cc3)c3ccc(C4(c5ccc(C(C)(C)C)cc5)c5cc(C)ccc5-c5ccc(C)cc54)cc3)cc21. The molecule has 2 heteroatoms. The van der Waals surface area contributed by atoms with Crippen LogP contribution < -0.4 is 9.80 Å². The number of benzene rings is 9. The number of aryl methyl sites for hydroxylation is 5. The van der Waals surface area contributed by atoms with Gasteiger partial charge in [0.05, 0.1) is 5.41 Å². The van der Waals surface area contributed by atoms with Gasteiger partial charge < -0.3 is 9.80 Å². The van der Waals surface area contributed by atoms with Crippen LogP contribution in [-0.4, -0.2) is 0 Å². The fourth-order valence-corrected chi connectivity index (χ4v) is 14.2. The first-order valence-corrected chi connectivity index (χ1v) is 31.8. The second-order valence-electron chi connectivity index (χ2n) is 26.0. The van der Waals surface area contributed by atoms with Crippen LogP contribution >= 0.6 is 0 Å². The monoisotopic (exact) mass is 1090 g/mol.